The van der Waals surface area contributed by atoms with Gasteiger partial charge in [-0.2, -0.15) is 0 Å². The van der Waals surface area contributed by atoms with E-state index in [1.807, 2.05) is 6.07 Å². The van der Waals surface area contributed by atoms with Gasteiger partial charge in [0.05, 0.1) is 17.1 Å². The van der Waals surface area contributed by atoms with Crippen LogP contribution in [0.2, 0.25) is 0 Å². The quantitative estimate of drug-likeness (QED) is 0.794. The Balaban J connectivity index is 1.75. The highest BCUT2D eigenvalue weighted by atomic mass is 35.5. The number of hydrogen-bond donors (Lipinski definition) is 0. The molecule has 0 amide bonds. The first-order chi connectivity index (χ1) is 10.3. The molecule has 4 heteroatoms. The highest BCUT2D eigenvalue weighted by molar-refractivity contribution is 6.17. The van der Waals surface area contributed by atoms with E-state index < -0.39 is 0 Å². The van der Waals surface area contributed by atoms with Crippen LogP contribution in [-0.2, 0) is 5.88 Å². The van der Waals surface area contributed by atoms with Gasteiger partial charge in [0, 0.05) is 36.7 Å². The second-order valence-corrected chi connectivity index (χ2v) is 6.33. The van der Waals surface area contributed by atoms with Crippen LogP contribution in [0.15, 0.2) is 30.3 Å². The van der Waals surface area contributed by atoms with Crippen LogP contribution in [0.25, 0.3) is 10.9 Å². The molecule has 0 N–H and O–H groups in total. The first kappa shape index (κ1) is 13.4. The summed E-state index contributed by atoms with van der Waals surface area (Å²) in [7, 11) is 0. The van der Waals surface area contributed by atoms with E-state index in [0.717, 1.165) is 30.3 Å². The summed E-state index contributed by atoms with van der Waals surface area (Å²) in [6.45, 7) is 4.70. The molecule has 2 aromatic rings. The molecule has 0 aliphatic carbocycles. The molecule has 2 fully saturated rings. The van der Waals surface area contributed by atoms with Gasteiger partial charge in [0.2, 0.25) is 0 Å². The number of halogens is 1. The summed E-state index contributed by atoms with van der Waals surface area (Å²) in [6, 6.07) is 11.3. The largest absolute Gasteiger partial charge is 0.368 e. The predicted molar refractivity (Wildman–Crippen MR) is 88.1 cm³/mol. The molecule has 3 nitrogen and oxygen atoms in total. The number of alkyl halides is 1. The molecule has 1 unspecified atom stereocenters. The summed E-state index contributed by atoms with van der Waals surface area (Å²) in [5, 5.41) is 1.25. The molecule has 0 saturated carbocycles. The van der Waals surface area contributed by atoms with Crippen LogP contribution in [0.4, 0.5) is 5.69 Å². The molecule has 0 radical (unpaired) electrons. The van der Waals surface area contributed by atoms with E-state index in [1.54, 1.807) is 0 Å². The molecule has 0 bridgehead atoms. The third kappa shape index (κ3) is 2.39. The average Bonchev–Trinajstić information content (AvgIpc) is 3.01. The Kier molecular flexibility index (Phi) is 3.48. The topological polar surface area (TPSA) is 19.4 Å². The van der Waals surface area contributed by atoms with Crippen molar-refractivity contribution in [3.63, 3.8) is 0 Å². The van der Waals surface area contributed by atoms with Crippen LogP contribution < -0.4 is 4.90 Å². The maximum atomic E-state index is 6.04. The van der Waals surface area contributed by atoms with Crippen LogP contribution in [0, 0.1) is 0 Å². The Hall–Kier alpha value is -1.32. The SMILES string of the molecule is ClCc1cc(N2CCN3CCCC3C2)c2ccccc2n1. The number of nitrogens with zero attached hydrogens (tertiary/aromatic N) is 3. The van der Waals surface area contributed by atoms with Crippen molar-refractivity contribution in [3.05, 3.63) is 36.0 Å². The molecule has 2 saturated heterocycles. The van der Waals surface area contributed by atoms with E-state index in [1.165, 1.54) is 37.0 Å². The lowest BCUT2D eigenvalue weighted by Gasteiger charge is -2.39. The normalized spacial score (nSPS) is 22.7. The fourth-order valence-electron chi connectivity index (χ4n) is 3.75. The highest BCUT2D eigenvalue weighted by Crippen LogP contribution is 2.31. The number of hydrogen-bond acceptors (Lipinski definition) is 3. The second kappa shape index (κ2) is 5.47. The number of piperazine rings is 1. The van der Waals surface area contributed by atoms with Gasteiger partial charge in [-0.05, 0) is 31.5 Å². The summed E-state index contributed by atoms with van der Waals surface area (Å²) in [4.78, 5) is 9.82. The van der Waals surface area contributed by atoms with Crippen LogP contribution in [-0.4, -0.2) is 42.1 Å². The zero-order valence-corrected chi connectivity index (χ0v) is 12.9. The highest BCUT2D eigenvalue weighted by Gasteiger charge is 2.31. The lowest BCUT2D eigenvalue weighted by molar-refractivity contribution is 0.231. The molecular formula is C17H20ClN3. The number of benzene rings is 1. The van der Waals surface area contributed by atoms with Gasteiger partial charge in [-0.1, -0.05) is 18.2 Å². The number of anilines is 1. The van der Waals surface area contributed by atoms with Gasteiger partial charge in [-0.3, -0.25) is 9.88 Å². The summed E-state index contributed by atoms with van der Waals surface area (Å²) in [6.07, 6.45) is 2.68. The van der Waals surface area contributed by atoms with Crippen molar-refractivity contribution in [1.82, 2.24) is 9.88 Å². The Morgan fingerprint density at radius 2 is 2.10 bits per heavy atom. The molecule has 2 aliphatic rings. The molecule has 3 heterocycles. The fraction of sp³-hybridized carbons (Fsp3) is 0.471. The molecule has 1 aromatic carbocycles. The molecule has 1 aromatic heterocycles. The Morgan fingerprint density at radius 1 is 1.19 bits per heavy atom. The first-order valence-electron chi connectivity index (χ1n) is 7.79. The first-order valence-corrected chi connectivity index (χ1v) is 8.32. The Morgan fingerprint density at radius 3 is 3.00 bits per heavy atom. The molecular weight excluding hydrogens is 282 g/mol. The van der Waals surface area contributed by atoms with E-state index in [9.17, 15) is 0 Å². The van der Waals surface area contributed by atoms with Crippen LogP contribution in [0.1, 0.15) is 18.5 Å². The van der Waals surface area contributed by atoms with Gasteiger partial charge in [0.25, 0.3) is 0 Å². The molecule has 4 rings (SSSR count). The fourth-order valence-corrected chi connectivity index (χ4v) is 3.89. The number of para-hydroxylation sites is 1. The standard InChI is InChI=1S/C17H20ClN3/c18-11-13-10-17(15-5-1-2-6-16(15)19-13)21-9-8-20-7-3-4-14(20)12-21/h1-2,5-6,10,14H,3-4,7-9,11-12H2. The lowest BCUT2D eigenvalue weighted by Crippen LogP contribution is -2.50. The number of aromatic nitrogens is 1. The Bertz CT molecular complexity index is 658. The molecule has 21 heavy (non-hydrogen) atoms. The van der Waals surface area contributed by atoms with Crippen molar-refractivity contribution >= 4 is 28.2 Å². The van der Waals surface area contributed by atoms with Crippen molar-refractivity contribution in [3.8, 4) is 0 Å². The minimum absolute atomic E-state index is 0.473. The van der Waals surface area contributed by atoms with Crippen molar-refractivity contribution in [1.29, 1.82) is 0 Å². The third-order valence-corrected chi connectivity index (χ3v) is 5.09. The zero-order valence-electron chi connectivity index (χ0n) is 12.1. The van der Waals surface area contributed by atoms with Gasteiger partial charge >= 0.3 is 0 Å². The van der Waals surface area contributed by atoms with E-state index >= 15 is 0 Å². The summed E-state index contributed by atoms with van der Waals surface area (Å²) in [5.41, 5.74) is 3.33. The summed E-state index contributed by atoms with van der Waals surface area (Å²) >= 11 is 6.04. The maximum absolute atomic E-state index is 6.04. The second-order valence-electron chi connectivity index (χ2n) is 6.06. The van der Waals surface area contributed by atoms with E-state index in [4.69, 9.17) is 11.6 Å². The zero-order chi connectivity index (χ0) is 14.2. The van der Waals surface area contributed by atoms with Gasteiger partial charge in [0.1, 0.15) is 0 Å². The smallest absolute Gasteiger partial charge is 0.0726 e. The van der Waals surface area contributed by atoms with Gasteiger partial charge < -0.3 is 4.90 Å². The molecule has 1 atom stereocenters. The van der Waals surface area contributed by atoms with Crippen LogP contribution >= 0.6 is 11.6 Å². The van der Waals surface area contributed by atoms with E-state index in [0.29, 0.717) is 5.88 Å². The van der Waals surface area contributed by atoms with Crippen molar-refractivity contribution < 1.29 is 0 Å². The minimum Gasteiger partial charge on any atom is -0.368 e. The van der Waals surface area contributed by atoms with Crippen molar-refractivity contribution in [2.45, 2.75) is 24.8 Å². The monoisotopic (exact) mass is 301 g/mol. The average molecular weight is 302 g/mol. The van der Waals surface area contributed by atoms with Gasteiger partial charge in [0.15, 0.2) is 0 Å². The van der Waals surface area contributed by atoms with Crippen LogP contribution in [0.3, 0.4) is 0 Å². The molecule has 0 spiro atoms. The number of fused-ring (bicyclic) bond motifs is 2. The lowest BCUT2D eigenvalue weighted by atomic mass is 10.1. The van der Waals surface area contributed by atoms with Crippen molar-refractivity contribution in [2.24, 2.45) is 0 Å². The maximum Gasteiger partial charge on any atom is 0.0726 e. The number of pyridine rings is 1. The number of rotatable bonds is 2. The summed E-state index contributed by atoms with van der Waals surface area (Å²) < 4.78 is 0. The minimum atomic E-state index is 0.473. The third-order valence-electron chi connectivity index (χ3n) is 4.81. The van der Waals surface area contributed by atoms with Gasteiger partial charge in [-0.15, -0.1) is 11.6 Å². The molecule has 110 valence electrons. The van der Waals surface area contributed by atoms with Gasteiger partial charge in [-0.25, -0.2) is 0 Å². The Labute approximate surface area is 130 Å². The molecule has 2 aliphatic heterocycles. The van der Waals surface area contributed by atoms with Crippen molar-refractivity contribution in [2.75, 3.05) is 31.1 Å². The van der Waals surface area contributed by atoms with E-state index in [-0.39, 0.29) is 0 Å². The summed E-state index contributed by atoms with van der Waals surface area (Å²) in [5.74, 6) is 0.473. The van der Waals surface area contributed by atoms with E-state index in [2.05, 4.69) is 39.0 Å². The predicted octanol–water partition coefficient (Wildman–Crippen LogP) is 3.26. The van der Waals surface area contributed by atoms with Crippen LogP contribution in [0.5, 0.6) is 0 Å².